The molecular formula is C18H26O3. The maximum Gasteiger partial charge on any atom is 0.118 e. The molecule has 1 heterocycles. The van der Waals surface area contributed by atoms with Crippen LogP contribution in [0.25, 0.3) is 0 Å². The van der Waals surface area contributed by atoms with Gasteiger partial charge in [-0.2, -0.15) is 0 Å². The van der Waals surface area contributed by atoms with Gasteiger partial charge in [0.05, 0.1) is 26.4 Å². The number of benzene rings is 1. The third kappa shape index (κ3) is 4.87. The fourth-order valence-electron chi connectivity index (χ4n) is 2.62. The van der Waals surface area contributed by atoms with E-state index < -0.39 is 0 Å². The molecule has 0 amide bonds. The molecule has 0 radical (unpaired) electrons. The lowest BCUT2D eigenvalue weighted by Crippen LogP contribution is -2.13. The first-order valence-electron chi connectivity index (χ1n) is 7.62. The number of methoxy groups -OCH3 is 1. The lowest BCUT2D eigenvalue weighted by molar-refractivity contribution is 0.104. The molecule has 116 valence electrons. The molecule has 1 fully saturated rings. The normalized spacial score (nSPS) is 23.4. The number of hydrogen-bond acceptors (Lipinski definition) is 3. The van der Waals surface area contributed by atoms with Crippen molar-refractivity contribution in [1.82, 2.24) is 0 Å². The first-order chi connectivity index (χ1) is 10.1. The fourth-order valence-corrected chi connectivity index (χ4v) is 2.62. The molecule has 0 spiro atoms. The highest BCUT2D eigenvalue weighted by molar-refractivity contribution is 5.26. The van der Waals surface area contributed by atoms with Gasteiger partial charge in [-0.25, -0.2) is 0 Å². The van der Waals surface area contributed by atoms with Crippen LogP contribution in [0.15, 0.2) is 36.9 Å². The molecule has 1 aromatic rings. The monoisotopic (exact) mass is 290 g/mol. The van der Waals surface area contributed by atoms with Gasteiger partial charge in [0.1, 0.15) is 11.9 Å². The Bertz CT molecular complexity index is 440. The Labute approximate surface area is 127 Å². The van der Waals surface area contributed by atoms with Crippen LogP contribution in [0.2, 0.25) is 0 Å². The summed E-state index contributed by atoms with van der Waals surface area (Å²) in [7, 11) is 1.67. The average molecular weight is 290 g/mol. The van der Waals surface area contributed by atoms with Gasteiger partial charge < -0.3 is 14.2 Å². The summed E-state index contributed by atoms with van der Waals surface area (Å²) in [5, 5.41) is 0. The second-order valence-corrected chi connectivity index (χ2v) is 5.93. The zero-order valence-electron chi connectivity index (χ0n) is 13.2. The van der Waals surface area contributed by atoms with Gasteiger partial charge in [0.25, 0.3) is 0 Å². The average Bonchev–Trinajstić information content (AvgIpc) is 3.27. The van der Waals surface area contributed by atoms with E-state index in [0.29, 0.717) is 31.2 Å². The number of ether oxygens (including phenoxy) is 3. The Morgan fingerprint density at radius 1 is 1.29 bits per heavy atom. The van der Waals surface area contributed by atoms with Gasteiger partial charge in [0.15, 0.2) is 0 Å². The van der Waals surface area contributed by atoms with Gasteiger partial charge in [-0.15, -0.1) is 6.58 Å². The minimum Gasteiger partial charge on any atom is -0.497 e. The molecule has 2 rings (SSSR count). The molecule has 1 aliphatic heterocycles. The van der Waals surface area contributed by atoms with Gasteiger partial charge in [0, 0.05) is 0 Å². The van der Waals surface area contributed by atoms with Crippen molar-refractivity contribution in [2.24, 2.45) is 11.8 Å². The highest BCUT2D eigenvalue weighted by Crippen LogP contribution is 2.33. The summed E-state index contributed by atoms with van der Waals surface area (Å²) in [6, 6.07) is 7.96. The van der Waals surface area contributed by atoms with Gasteiger partial charge in [-0.1, -0.05) is 32.1 Å². The first-order valence-corrected chi connectivity index (χ1v) is 7.62. The van der Waals surface area contributed by atoms with E-state index in [1.54, 1.807) is 7.11 Å². The molecule has 0 unspecified atom stereocenters. The lowest BCUT2D eigenvalue weighted by atomic mass is 9.93. The largest absolute Gasteiger partial charge is 0.497 e. The lowest BCUT2D eigenvalue weighted by Gasteiger charge is -2.11. The summed E-state index contributed by atoms with van der Waals surface area (Å²) in [6.45, 7) is 9.56. The van der Waals surface area contributed by atoms with Crippen LogP contribution in [0, 0.1) is 11.8 Å². The molecule has 3 heteroatoms. The molecule has 0 N–H and O–H groups in total. The Balaban J connectivity index is 1.65. The SMILES string of the molecule is C=C[C@@H](C)C[C@H](C)[C@@H]1O[C@H]1COCc1ccc(OC)cc1. The van der Waals surface area contributed by atoms with Crippen LogP contribution in [0.1, 0.15) is 25.8 Å². The number of hydrogen-bond donors (Lipinski definition) is 0. The summed E-state index contributed by atoms with van der Waals surface area (Å²) in [6.07, 6.45) is 3.75. The smallest absolute Gasteiger partial charge is 0.118 e. The minimum absolute atomic E-state index is 0.260. The number of rotatable bonds is 9. The summed E-state index contributed by atoms with van der Waals surface area (Å²) in [4.78, 5) is 0. The van der Waals surface area contributed by atoms with E-state index in [9.17, 15) is 0 Å². The molecule has 3 nitrogen and oxygen atoms in total. The minimum atomic E-state index is 0.260. The molecule has 1 aliphatic rings. The summed E-state index contributed by atoms with van der Waals surface area (Å²) in [5.74, 6) is 1.98. The van der Waals surface area contributed by atoms with E-state index in [0.717, 1.165) is 17.7 Å². The maximum atomic E-state index is 5.74. The van der Waals surface area contributed by atoms with Crippen molar-refractivity contribution in [3.63, 3.8) is 0 Å². The molecule has 4 atom stereocenters. The van der Waals surface area contributed by atoms with Crippen molar-refractivity contribution >= 4 is 0 Å². The Morgan fingerprint density at radius 3 is 2.62 bits per heavy atom. The van der Waals surface area contributed by atoms with Crippen LogP contribution in [-0.4, -0.2) is 25.9 Å². The molecule has 0 aromatic heterocycles. The number of allylic oxidation sites excluding steroid dienone is 1. The van der Waals surface area contributed by atoms with Gasteiger partial charge >= 0.3 is 0 Å². The third-order valence-corrected chi connectivity index (χ3v) is 4.04. The molecular weight excluding hydrogens is 264 g/mol. The van der Waals surface area contributed by atoms with Crippen LogP contribution in [0.3, 0.4) is 0 Å². The van der Waals surface area contributed by atoms with E-state index in [1.807, 2.05) is 30.3 Å². The topological polar surface area (TPSA) is 31.0 Å². The first kappa shape index (κ1) is 16.1. The Morgan fingerprint density at radius 2 is 2.00 bits per heavy atom. The van der Waals surface area contributed by atoms with Crippen molar-refractivity contribution in [2.75, 3.05) is 13.7 Å². The molecule has 21 heavy (non-hydrogen) atoms. The van der Waals surface area contributed by atoms with Crippen molar-refractivity contribution in [3.8, 4) is 5.75 Å². The van der Waals surface area contributed by atoms with Crippen LogP contribution in [-0.2, 0) is 16.1 Å². The zero-order chi connectivity index (χ0) is 15.2. The summed E-state index contributed by atoms with van der Waals surface area (Å²) in [5.41, 5.74) is 1.15. The predicted molar refractivity (Wildman–Crippen MR) is 84.5 cm³/mol. The van der Waals surface area contributed by atoms with Crippen molar-refractivity contribution in [2.45, 2.75) is 39.1 Å². The van der Waals surface area contributed by atoms with Gasteiger partial charge in [-0.3, -0.25) is 0 Å². The standard InChI is InChI=1S/C18H26O3/c1-5-13(2)10-14(3)18-17(21-18)12-20-11-15-6-8-16(19-4)9-7-15/h5-9,13-14,17-18H,1,10-12H2,2-4H3/t13-,14+,17+,18+/m1/s1. The molecule has 0 bridgehead atoms. The Kier molecular flexibility index (Phi) is 5.83. The molecule has 0 saturated carbocycles. The van der Waals surface area contributed by atoms with E-state index in [2.05, 4.69) is 20.4 Å². The van der Waals surface area contributed by atoms with Crippen molar-refractivity contribution in [3.05, 3.63) is 42.5 Å². The summed E-state index contributed by atoms with van der Waals surface area (Å²) >= 11 is 0. The van der Waals surface area contributed by atoms with E-state index in [4.69, 9.17) is 14.2 Å². The van der Waals surface area contributed by atoms with Crippen molar-refractivity contribution in [1.29, 1.82) is 0 Å². The second-order valence-electron chi connectivity index (χ2n) is 5.93. The predicted octanol–water partition coefficient (Wildman–Crippen LogP) is 3.83. The van der Waals surface area contributed by atoms with E-state index >= 15 is 0 Å². The Hall–Kier alpha value is -1.32. The molecule has 0 aliphatic carbocycles. The highest BCUT2D eigenvalue weighted by Gasteiger charge is 2.42. The third-order valence-electron chi connectivity index (χ3n) is 4.04. The van der Waals surface area contributed by atoms with Gasteiger partial charge in [0.2, 0.25) is 0 Å². The van der Waals surface area contributed by atoms with Crippen LogP contribution in [0.5, 0.6) is 5.75 Å². The molecule has 1 saturated heterocycles. The number of epoxide rings is 1. The van der Waals surface area contributed by atoms with Crippen LogP contribution in [0.4, 0.5) is 0 Å². The quantitative estimate of drug-likeness (QED) is 0.511. The summed E-state index contributed by atoms with van der Waals surface area (Å²) < 4.78 is 16.6. The second kappa shape index (κ2) is 7.62. The zero-order valence-corrected chi connectivity index (χ0v) is 13.2. The van der Waals surface area contributed by atoms with Crippen molar-refractivity contribution < 1.29 is 14.2 Å². The fraction of sp³-hybridized carbons (Fsp3) is 0.556. The van der Waals surface area contributed by atoms with E-state index in [-0.39, 0.29) is 6.10 Å². The molecule has 1 aromatic carbocycles. The maximum absolute atomic E-state index is 5.74. The van der Waals surface area contributed by atoms with Crippen LogP contribution < -0.4 is 4.74 Å². The van der Waals surface area contributed by atoms with E-state index in [1.165, 1.54) is 0 Å². The highest BCUT2D eigenvalue weighted by atomic mass is 16.6. The van der Waals surface area contributed by atoms with Crippen LogP contribution >= 0.6 is 0 Å². The van der Waals surface area contributed by atoms with Gasteiger partial charge in [-0.05, 0) is 36.0 Å².